The second kappa shape index (κ2) is 7.87. The maximum Gasteiger partial charge on any atom is 0.292 e. The molecule has 0 radical (unpaired) electrons. The van der Waals surface area contributed by atoms with E-state index in [1.165, 1.54) is 19.1 Å². The van der Waals surface area contributed by atoms with Gasteiger partial charge in [-0.2, -0.15) is 0 Å². The quantitative estimate of drug-likeness (QED) is 0.627. The van der Waals surface area contributed by atoms with Crippen molar-refractivity contribution in [2.75, 3.05) is 18.4 Å². The van der Waals surface area contributed by atoms with E-state index < -0.39 is 11.0 Å². The monoisotopic (exact) mass is 334 g/mol. The van der Waals surface area contributed by atoms with Crippen molar-refractivity contribution in [3.63, 3.8) is 0 Å². The van der Waals surface area contributed by atoms with Crippen LogP contribution in [0.3, 0.4) is 0 Å². The first-order valence-corrected chi connectivity index (χ1v) is 7.94. The highest BCUT2D eigenvalue weighted by Gasteiger charge is 2.28. The summed E-state index contributed by atoms with van der Waals surface area (Å²) in [6.45, 7) is 4.58. The number of nitro benzene ring substituents is 1. The number of hydrogen-bond acceptors (Lipinski definition) is 5. The van der Waals surface area contributed by atoms with Gasteiger partial charge in [0.25, 0.3) is 5.69 Å². The Balaban J connectivity index is 2.02. The second-order valence-electron chi connectivity index (χ2n) is 5.97. The number of para-hydroxylation sites is 2. The van der Waals surface area contributed by atoms with E-state index in [0.29, 0.717) is 6.54 Å². The predicted octanol–water partition coefficient (Wildman–Crippen LogP) is 1.52. The van der Waals surface area contributed by atoms with E-state index in [1.807, 2.05) is 4.90 Å². The lowest BCUT2D eigenvalue weighted by Gasteiger charge is -2.36. The molecule has 1 aromatic carbocycles. The summed E-state index contributed by atoms with van der Waals surface area (Å²) in [5.74, 6) is -0.383. The standard InChI is InChI=1S/C16H22N4O4/c1-11(19-9-5-6-13(10-19)17-12(2)21)16(22)18-14-7-3-4-8-15(14)20(23)24/h3-4,7-8,11,13H,5-6,9-10H2,1-2H3,(H,17,21)(H,18,22). The van der Waals surface area contributed by atoms with E-state index in [1.54, 1.807) is 19.1 Å². The minimum atomic E-state index is -0.520. The molecule has 2 atom stereocenters. The van der Waals surface area contributed by atoms with Gasteiger partial charge in [0.15, 0.2) is 0 Å². The van der Waals surface area contributed by atoms with Crippen molar-refractivity contribution in [2.45, 2.75) is 38.8 Å². The summed E-state index contributed by atoms with van der Waals surface area (Å²) in [5, 5.41) is 16.5. The van der Waals surface area contributed by atoms with Crippen LogP contribution >= 0.6 is 0 Å². The van der Waals surface area contributed by atoms with Crippen LogP contribution in [0.15, 0.2) is 24.3 Å². The summed E-state index contributed by atoms with van der Waals surface area (Å²) in [6.07, 6.45) is 1.77. The molecule has 2 N–H and O–H groups in total. The number of likely N-dealkylation sites (tertiary alicyclic amines) is 1. The Hall–Kier alpha value is -2.48. The molecule has 1 heterocycles. The van der Waals surface area contributed by atoms with Crippen molar-refractivity contribution < 1.29 is 14.5 Å². The largest absolute Gasteiger partial charge is 0.352 e. The van der Waals surface area contributed by atoms with Gasteiger partial charge in [0, 0.05) is 25.6 Å². The predicted molar refractivity (Wildman–Crippen MR) is 89.6 cm³/mol. The smallest absolute Gasteiger partial charge is 0.292 e. The minimum Gasteiger partial charge on any atom is -0.352 e. The number of carbonyl (C=O) groups excluding carboxylic acids is 2. The van der Waals surface area contributed by atoms with Crippen LogP contribution in [0.4, 0.5) is 11.4 Å². The zero-order valence-electron chi connectivity index (χ0n) is 13.8. The Morgan fingerprint density at radius 1 is 1.38 bits per heavy atom. The summed E-state index contributed by atoms with van der Waals surface area (Å²) >= 11 is 0. The van der Waals surface area contributed by atoms with E-state index in [-0.39, 0.29) is 29.2 Å². The Bertz CT molecular complexity index is 634. The van der Waals surface area contributed by atoms with Gasteiger partial charge in [0.1, 0.15) is 5.69 Å². The fraction of sp³-hybridized carbons (Fsp3) is 0.500. The maximum absolute atomic E-state index is 12.5. The number of amides is 2. The lowest BCUT2D eigenvalue weighted by Crippen LogP contribution is -2.52. The molecule has 8 nitrogen and oxygen atoms in total. The second-order valence-corrected chi connectivity index (χ2v) is 5.97. The molecule has 2 unspecified atom stereocenters. The molecule has 0 aliphatic carbocycles. The minimum absolute atomic E-state index is 0.0255. The van der Waals surface area contributed by atoms with Gasteiger partial charge in [-0.15, -0.1) is 0 Å². The molecule has 130 valence electrons. The summed E-state index contributed by atoms with van der Waals surface area (Å²) in [5.41, 5.74) is 0.0580. The average molecular weight is 334 g/mol. The molecule has 2 rings (SSSR count). The van der Waals surface area contributed by atoms with Gasteiger partial charge in [-0.3, -0.25) is 24.6 Å². The molecule has 1 saturated heterocycles. The SMILES string of the molecule is CC(=O)NC1CCCN(C(C)C(=O)Nc2ccccc2[N+](=O)[O-])C1. The van der Waals surface area contributed by atoms with Crippen LogP contribution < -0.4 is 10.6 Å². The van der Waals surface area contributed by atoms with Gasteiger partial charge in [0.2, 0.25) is 11.8 Å². The van der Waals surface area contributed by atoms with Crippen LogP contribution in [0.25, 0.3) is 0 Å². The van der Waals surface area contributed by atoms with Crippen LogP contribution in [0, 0.1) is 10.1 Å². The van der Waals surface area contributed by atoms with Crippen LogP contribution in [-0.4, -0.2) is 46.8 Å². The number of piperidine rings is 1. The molecule has 1 aliphatic rings. The molecule has 0 aromatic heterocycles. The number of benzene rings is 1. The van der Waals surface area contributed by atoms with Crippen LogP contribution in [-0.2, 0) is 9.59 Å². The molecule has 8 heteroatoms. The summed E-state index contributed by atoms with van der Waals surface area (Å²) < 4.78 is 0. The summed E-state index contributed by atoms with van der Waals surface area (Å²) in [6, 6.07) is 5.65. The van der Waals surface area contributed by atoms with Gasteiger partial charge >= 0.3 is 0 Å². The van der Waals surface area contributed by atoms with Gasteiger partial charge < -0.3 is 10.6 Å². The molecular weight excluding hydrogens is 312 g/mol. The fourth-order valence-electron chi connectivity index (χ4n) is 2.91. The van der Waals surface area contributed by atoms with Crippen molar-refractivity contribution in [3.8, 4) is 0 Å². The lowest BCUT2D eigenvalue weighted by molar-refractivity contribution is -0.383. The number of nitrogens with zero attached hydrogens (tertiary/aromatic N) is 2. The van der Waals surface area contributed by atoms with Crippen molar-refractivity contribution >= 4 is 23.2 Å². The number of anilines is 1. The summed E-state index contributed by atoms with van der Waals surface area (Å²) in [7, 11) is 0. The normalized spacial score (nSPS) is 19.3. The van der Waals surface area contributed by atoms with Crippen molar-refractivity contribution in [3.05, 3.63) is 34.4 Å². The Morgan fingerprint density at radius 3 is 2.75 bits per heavy atom. The zero-order valence-corrected chi connectivity index (χ0v) is 13.8. The van der Waals surface area contributed by atoms with E-state index >= 15 is 0 Å². The van der Waals surface area contributed by atoms with Crippen molar-refractivity contribution in [1.29, 1.82) is 0 Å². The van der Waals surface area contributed by atoms with Gasteiger partial charge in [-0.05, 0) is 32.4 Å². The Morgan fingerprint density at radius 2 is 2.08 bits per heavy atom. The van der Waals surface area contributed by atoms with E-state index in [0.717, 1.165) is 19.4 Å². The van der Waals surface area contributed by atoms with Crippen LogP contribution in [0.5, 0.6) is 0 Å². The fourth-order valence-corrected chi connectivity index (χ4v) is 2.91. The average Bonchev–Trinajstić information content (AvgIpc) is 2.54. The first-order valence-electron chi connectivity index (χ1n) is 7.94. The molecule has 1 aliphatic heterocycles. The number of nitrogens with one attached hydrogen (secondary N) is 2. The number of carbonyl (C=O) groups is 2. The highest BCUT2D eigenvalue weighted by Crippen LogP contribution is 2.24. The van der Waals surface area contributed by atoms with Crippen molar-refractivity contribution in [2.24, 2.45) is 0 Å². The first kappa shape index (κ1) is 17.9. The molecule has 1 aromatic rings. The van der Waals surface area contributed by atoms with Crippen LogP contribution in [0.1, 0.15) is 26.7 Å². The molecule has 0 saturated carbocycles. The topological polar surface area (TPSA) is 105 Å². The molecule has 0 spiro atoms. The molecule has 1 fully saturated rings. The first-order chi connectivity index (χ1) is 11.4. The zero-order chi connectivity index (χ0) is 17.7. The molecule has 24 heavy (non-hydrogen) atoms. The third kappa shape index (κ3) is 4.51. The summed E-state index contributed by atoms with van der Waals surface area (Å²) in [4.78, 5) is 36.1. The highest BCUT2D eigenvalue weighted by atomic mass is 16.6. The maximum atomic E-state index is 12.5. The van der Waals surface area contributed by atoms with Crippen molar-refractivity contribution in [1.82, 2.24) is 10.2 Å². The molecule has 0 bridgehead atoms. The van der Waals surface area contributed by atoms with E-state index in [9.17, 15) is 19.7 Å². The molecular formula is C16H22N4O4. The third-order valence-corrected chi connectivity index (χ3v) is 4.15. The van der Waals surface area contributed by atoms with Crippen LogP contribution in [0.2, 0.25) is 0 Å². The number of nitro groups is 1. The van der Waals surface area contributed by atoms with Gasteiger partial charge in [-0.1, -0.05) is 12.1 Å². The highest BCUT2D eigenvalue weighted by molar-refractivity contribution is 5.96. The van der Waals surface area contributed by atoms with E-state index in [4.69, 9.17) is 0 Å². The number of rotatable bonds is 5. The van der Waals surface area contributed by atoms with Gasteiger partial charge in [0.05, 0.1) is 11.0 Å². The number of hydrogen-bond donors (Lipinski definition) is 2. The van der Waals surface area contributed by atoms with E-state index in [2.05, 4.69) is 10.6 Å². The third-order valence-electron chi connectivity index (χ3n) is 4.15. The lowest BCUT2D eigenvalue weighted by atomic mass is 10.0. The Kier molecular flexibility index (Phi) is 5.86. The molecule has 2 amide bonds. The Labute approximate surface area is 140 Å². The van der Waals surface area contributed by atoms with Gasteiger partial charge in [-0.25, -0.2) is 0 Å².